The molecule has 0 saturated carbocycles. The van der Waals surface area contributed by atoms with E-state index in [1.54, 1.807) is 19.1 Å². The third kappa shape index (κ3) is 3.00. The van der Waals surface area contributed by atoms with Crippen LogP contribution < -0.4 is 5.32 Å². The Kier molecular flexibility index (Phi) is 4.12. The summed E-state index contributed by atoms with van der Waals surface area (Å²) in [6.45, 7) is 3.50. The van der Waals surface area contributed by atoms with E-state index in [1.165, 1.54) is 17.3 Å². The number of carbonyl (C=O) groups is 1. The van der Waals surface area contributed by atoms with Gasteiger partial charge in [0.25, 0.3) is 0 Å². The predicted octanol–water partition coefficient (Wildman–Crippen LogP) is 0.709. The van der Waals surface area contributed by atoms with Crippen LogP contribution >= 0.6 is 0 Å². The van der Waals surface area contributed by atoms with Gasteiger partial charge in [0.1, 0.15) is 0 Å². The van der Waals surface area contributed by atoms with Crippen LogP contribution in [0.25, 0.3) is 0 Å². The monoisotopic (exact) mass is 298 g/mol. The Labute approximate surface area is 118 Å². The van der Waals surface area contributed by atoms with Gasteiger partial charge in [-0.15, -0.1) is 0 Å². The molecule has 0 spiro atoms. The van der Waals surface area contributed by atoms with Crippen LogP contribution in [0.15, 0.2) is 23.1 Å². The minimum Gasteiger partial charge on any atom is -0.392 e. The molecule has 20 heavy (non-hydrogen) atoms. The zero-order valence-electron chi connectivity index (χ0n) is 11.5. The summed E-state index contributed by atoms with van der Waals surface area (Å²) in [5.41, 5.74) is 1.06. The highest BCUT2D eigenvalue weighted by atomic mass is 32.2. The van der Waals surface area contributed by atoms with E-state index >= 15 is 0 Å². The van der Waals surface area contributed by atoms with Gasteiger partial charge in [0, 0.05) is 25.7 Å². The number of benzene rings is 1. The number of anilines is 1. The number of hydrogen-bond acceptors (Lipinski definition) is 4. The van der Waals surface area contributed by atoms with Crippen LogP contribution in [0.3, 0.4) is 0 Å². The normalized spacial score (nSPS) is 20.1. The molecule has 1 amide bonds. The van der Waals surface area contributed by atoms with Crippen molar-refractivity contribution in [2.24, 2.45) is 0 Å². The molecule has 1 aliphatic heterocycles. The molecule has 0 radical (unpaired) electrons. The lowest BCUT2D eigenvalue weighted by Crippen LogP contribution is -2.30. The first-order valence-electron chi connectivity index (χ1n) is 6.37. The number of nitrogens with one attached hydrogen (secondary N) is 1. The molecule has 110 valence electrons. The molecule has 6 nitrogen and oxygen atoms in total. The second-order valence-electron chi connectivity index (χ2n) is 4.97. The van der Waals surface area contributed by atoms with Crippen LogP contribution in [0.1, 0.15) is 18.9 Å². The van der Waals surface area contributed by atoms with E-state index in [-0.39, 0.29) is 17.3 Å². The van der Waals surface area contributed by atoms with Gasteiger partial charge in [0.05, 0.1) is 11.0 Å². The Balaban J connectivity index is 2.37. The van der Waals surface area contributed by atoms with Crippen molar-refractivity contribution in [2.75, 3.05) is 18.4 Å². The molecule has 0 bridgehead atoms. The van der Waals surface area contributed by atoms with Crippen molar-refractivity contribution in [1.82, 2.24) is 4.31 Å². The molecule has 7 heteroatoms. The van der Waals surface area contributed by atoms with Crippen molar-refractivity contribution >= 4 is 21.6 Å². The van der Waals surface area contributed by atoms with Crippen LogP contribution in [0.5, 0.6) is 0 Å². The maximum absolute atomic E-state index is 12.5. The van der Waals surface area contributed by atoms with Crippen LogP contribution in [0.4, 0.5) is 5.69 Å². The van der Waals surface area contributed by atoms with Gasteiger partial charge in [-0.2, -0.15) is 4.31 Å². The van der Waals surface area contributed by atoms with Gasteiger partial charge in [-0.05, 0) is 31.0 Å². The summed E-state index contributed by atoms with van der Waals surface area (Å²) in [5.74, 6) is -0.256. The summed E-state index contributed by atoms with van der Waals surface area (Å²) in [4.78, 5) is 11.2. The fourth-order valence-corrected chi connectivity index (χ4v) is 3.97. The summed E-state index contributed by atoms with van der Waals surface area (Å²) in [6, 6.07) is 4.77. The van der Waals surface area contributed by atoms with E-state index in [9.17, 15) is 18.3 Å². The summed E-state index contributed by atoms with van der Waals surface area (Å²) in [7, 11) is -3.64. The Bertz CT molecular complexity index is 627. The summed E-state index contributed by atoms with van der Waals surface area (Å²) < 4.78 is 26.4. The molecule has 1 aromatic carbocycles. The van der Waals surface area contributed by atoms with Crippen LogP contribution in [0.2, 0.25) is 0 Å². The molecule has 1 heterocycles. The number of aryl methyl sites for hydroxylation is 1. The van der Waals surface area contributed by atoms with E-state index in [0.717, 1.165) is 0 Å². The predicted molar refractivity (Wildman–Crippen MR) is 74.9 cm³/mol. The molecule has 1 atom stereocenters. The van der Waals surface area contributed by atoms with Gasteiger partial charge >= 0.3 is 0 Å². The van der Waals surface area contributed by atoms with Crippen LogP contribution in [-0.4, -0.2) is 42.9 Å². The van der Waals surface area contributed by atoms with E-state index in [1.807, 2.05) is 0 Å². The second-order valence-corrected chi connectivity index (χ2v) is 6.87. The smallest absolute Gasteiger partial charge is 0.243 e. The third-order valence-corrected chi connectivity index (χ3v) is 5.26. The summed E-state index contributed by atoms with van der Waals surface area (Å²) in [6.07, 6.45) is -0.160. The minimum atomic E-state index is -3.64. The topological polar surface area (TPSA) is 86.7 Å². The number of sulfonamides is 1. The van der Waals surface area contributed by atoms with Crippen LogP contribution in [-0.2, 0) is 14.8 Å². The van der Waals surface area contributed by atoms with E-state index in [4.69, 9.17) is 0 Å². The molecule has 1 aliphatic rings. The molecular formula is C13H18N2O4S. The van der Waals surface area contributed by atoms with Crippen molar-refractivity contribution in [1.29, 1.82) is 0 Å². The van der Waals surface area contributed by atoms with E-state index in [0.29, 0.717) is 24.2 Å². The third-order valence-electron chi connectivity index (χ3n) is 3.25. The lowest BCUT2D eigenvalue weighted by atomic mass is 10.2. The molecule has 2 N–H and O–H groups in total. The molecule has 0 unspecified atom stereocenters. The number of nitrogens with zero attached hydrogens (tertiary/aromatic N) is 1. The van der Waals surface area contributed by atoms with Gasteiger partial charge < -0.3 is 10.4 Å². The highest BCUT2D eigenvalue weighted by Gasteiger charge is 2.32. The standard InChI is InChI=1S/C13H18N2O4S/c1-9-3-4-11(14-10(2)16)7-13(9)20(18,19)15-6-5-12(17)8-15/h3-4,7,12,17H,5-6,8H2,1-2H3,(H,14,16)/t12-/m1/s1. The van der Waals surface area contributed by atoms with E-state index < -0.39 is 16.1 Å². The highest BCUT2D eigenvalue weighted by molar-refractivity contribution is 7.89. The lowest BCUT2D eigenvalue weighted by molar-refractivity contribution is -0.114. The van der Waals surface area contributed by atoms with Gasteiger partial charge in [-0.25, -0.2) is 8.42 Å². The first kappa shape index (κ1) is 15.0. The van der Waals surface area contributed by atoms with Crippen molar-refractivity contribution in [3.8, 4) is 0 Å². The average Bonchev–Trinajstić information content (AvgIpc) is 2.78. The largest absolute Gasteiger partial charge is 0.392 e. The highest BCUT2D eigenvalue weighted by Crippen LogP contribution is 2.26. The maximum atomic E-state index is 12.5. The van der Waals surface area contributed by atoms with Gasteiger partial charge in [0.15, 0.2) is 0 Å². The molecule has 1 saturated heterocycles. The Hall–Kier alpha value is -1.44. The second kappa shape index (κ2) is 5.51. The Morgan fingerprint density at radius 2 is 2.15 bits per heavy atom. The number of rotatable bonds is 3. The Morgan fingerprint density at radius 1 is 1.45 bits per heavy atom. The lowest BCUT2D eigenvalue weighted by Gasteiger charge is -2.18. The molecular weight excluding hydrogens is 280 g/mol. The maximum Gasteiger partial charge on any atom is 0.243 e. The fourth-order valence-electron chi connectivity index (χ4n) is 2.23. The first-order chi connectivity index (χ1) is 9.30. The van der Waals surface area contributed by atoms with Crippen molar-refractivity contribution in [3.63, 3.8) is 0 Å². The van der Waals surface area contributed by atoms with E-state index in [2.05, 4.69) is 5.32 Å². The van der Waals surface area contributed by atoms with Crippen molar-refractivity contribution in [3.05, 3.63) is 23.8 Å². The quantitative estimate of drug-likeness (QED) is 0.860. The van der Waals surface area contributed by atoms with Gasteiger partial charge in [-0.1, -0.05) is 6.07 Å². The van der Waals surface area contributed by atoms with Crippen LogP contribution in [0, 0.1) is 6.92 Å². The summed E-state index contributed by atoms with van der Waals surface area (Å²) >= 11 is 0. The number of β-amino-alcohol motifs (C(OH)–C–C–N with tert-alkyl or cyclic N) is 1. The number of carbonyl (C=O) groups excluding carboxylic acids is 1. The Morgan fingerprint density at radius 3 is 2.70 bits per heavy atom. The molecule has 2 rings (SSSR count). The molecule has 1 aromatic rings. The molecule has 0 aliphatic carbocycles. The average molecular weight is 298 g/mol. The molecule has 1 fully saturated rings. The number of amides is 1. The zero-order valence-corrected chi connectivity index (χ0v) is 12.3. The minimum absolute atomic E-state index is 0.117. The number of hydrogen-bond donors (Lipinski definition) is 2. The molecule has 0 aromatic heterocycles. The SMILES string of the molecule is CC(=O)Nc1ccc(C)c(S(=O)(=O)N2CC[C@@H](O)C2)c1. The summed E-state index contributed by atoms with van der Waals surface area (Å²) in [5, 5.41) is 12.1. The van der Waals surface area contributed by atoms with Gasteiger partial charge in [0.2, 0.25) is 15.9 Å². The fraction of sp³-hybridized carbons (Fsp3) is 0.462. The van der Waals surface area contributed by atoms with Crippen molar-refractivity contribution in [2.45, 2.75) is 31.3 Å². The number of aliphatic hydroxyl groups excluding tert-OH is 1. The van der Waals surface area contributed by atoms with Gasteiger partial charge in [-0.3, -0.25) is 4.79 Å². The van der Waals surface area contributed by atoms with Crippen molar-refractivity contribution < 1.29 is 18.3 Å². The number of aliphatic hydroxyl groups is 1. The first-order valence-corrected chi connectivity index (χ1v) is 7.81. The zero-order chi connectivity index (χ0) is 14.9.